The molecule has 0 spiro atoms. The molecule has 1 unspecified atom stereocenters. The minimum atomic E-state index is -0.204. The summed E-state index contributed by atoms with van der Waals surface area (Å²) in [5.74, 6) is 0. The normalized spacial score (nSPS) is 16.4. The molecule has 1 aliphatic heterocycles. The summed E-state index contributed by atoms with van der Waals surface area (Å²) in [7, 11) is 0. The number of halogens is 1. The number of hydrogen-bond acceptors (Lipinski definition) is 4. The van der Waals surface area contributed by atoms with Gasteiger partial charge in [0.1, 0.15) is 5.58 Å². The summed E-state index contributed by atoms with van der Waals surface area (Å²) in [6.45, 7) is 13.3. The minimum absolute atomic E-state index is 0.204. The van der Waals surface area contributed by atoms with Crippen LogP contribution in [-0.4, -0.2) is 42.0 Å². The predicted octanol–water partition coefficient (Wildman–Crippen LogP) is 3.84. The Morgan fingerprint density at radius 1 is 1.28 bits per heavy atom. The molecule has 0 N–H and O–H groups in total. The molecule has 136 valence electrons. The Morgan fingerprint density at radius 2 is 2.00 bits per heavy atom. The van der Waals surface area contributed by atoms with Crippen molar-refractivity contribution in [2.45, 2.75) is 46.7 Å². The van der Waals surface area contributed by atoms with Crippen LogP contribution in [0.4, 0.5) is 0 Å². The number of likely N-dealkylation sites (N-methyl/N-ethyl adjacent to an activating group) is 1. The number of rotatable bonds is 5. The van der Waals surface area contributed by atoms with Crippen LogP contribution < -0.4 is 5.63 Å². The van der Waals surface area contributed by atoms with Gasteiger partial charge in [-0.3, -0.25) is 9.80 Å². The summed E-state index contributed by atoms with van der Waals surface area (Å²) < 4.78 is 5.59. The fourth-order valence-electron chi connectivity index (χ4n) is 3.93. The summed E-state index contributed by atoms with van der Waals surface area (Å²) in [6, 6.07) is 4.29. The second kappa shape index (κ2) is 7.48. The maximum Gasteiger partial charge on any atom is 0.341 e. The molecule has 4 nitrogen and oxygen atoms in total. The van der Waals surface area contributed by atoms with E-state index in [-0.39, 0.29) is 5.63 Å². The van der Waals surface area contributed by atoms with Crippen molar-refractivity contribution >= 4 is 22.6 Å². The zero-order valence-electron chi connectivity index (χ0n) is 15.6. The lowest BCUT2D eigenvalue weighted by Gasteiger charge is -2.34. The average Bonchev–Trinajstić information content (AvgIpc) is 2.58. The van der Waals surface area contributed by atoms with Crippen molar-refractivity contribution in [1.82, 2.24) is 9.80 Å². The number of fused-ring (bicyclic) bond motifs is 3. The number of hydrogen-bond donors (Lipinski definition) is 0. The molecule has 0 radical (unpaired) electrons. The van der Waals surface area contributed by atoms with Crippen LogP contribution in [0.1, 0.15) is 37.5 Å². The van der Waals surface area contributed by atoms with Gasteiger partial charge in [0.05, 0.1) is 5.56 Å². The van der Waals surface area contributed by atoms with Crippen LogP contribution in [0, 0.1) is 6.92 Å². The van der Waals surface area contributed by atoms with E-state index in [9.17, 15) is 4.79 Å². The topological polar surface area (TPSA) is 36.7 Å². The van der Waals surface area contributed by atoms with Crippen molar-refractivity contribution in [2.24, 2.45) is 0 Å². The quantitative estimate of drug-likeness (QED) is 0.757. The van der Waals surface area contributed by atoms with Gasteiger partial charge in [0.25, 0.3) is 0 Å². The van der Waals surface area contributed by atoms with E-state index in [0.29, 0.717) is 18.2 Å². The van der Waals surface area contributed by atoms with E-state index in [1.165, 1.54) is 0 Å². The summed E-state index contributed by atoms with van der Waals surface area (Å²) in [5, 5.41) is 1.71. The Morgan fingerprint density at radius 3 is 2.68 bits per heavy atom. The minimum Gasteiger partial charge on any atom is -0.422 e. The molecule has 25 heavy (non-hydrogen) atoms. The van der Waals surface area contributed by atoms with Gasteiger partial charge in [-0.2, -0.15) is 0 Å². The Hall–Kier alpha value is -1.36. The average molecular weight is 363 g/mol. The molecule has 1 aromatic heterocycles. The van der Waals surface area contributed by atoms with Gasteiger partial charge in [-0.1, -0.05) is 25.4 Å². The van der Waals surface area contributed by atoms with E-state index in [0.717, 1.165) is 59.7 Å². The van der Waals surface area contributed by atoms with Gasteiger partial charge in [-0.15, -0.1) is 0 Å². The molecular formula is C20H27ClN2O2. The van der Waals surface area contributed by atoms with Crippen molar-refractivity contribution in [3.8, 4) is 0 Å². The molecule has 0 bridgehead atoms. The van der Waals surface area contributed by atoms with Crippen molar-refractivity contribution in [2.75, 3.05) is 26.2 Å². The maximum absolute atomic E-state index is 12.5. The standard InChI is InChI=1S/C20H27ClN2O2/c1-5-23(6-2)14(4)11-22-8-7-15-16-10-18(21)13(3)9-19(16)25-20(24)17(15)12-22/h9-10,14H,5-8,11-12H2,1-4H3. The van der Waals surface area contributed by atoms with Gasteiger partial charge >= 0.3 is 5.63 Å². The molecule has 2 aromatic rings. The summed E-state index contributed by atoms with van der Waals surface area (Å²) in [6.07, 6.45) is 0.863. The molecule has 0 saturated carbocycles. The van der Waals surface area contributed by atoms with Crippen molar-refractivity contribution in [3.63, 3.8) is 0 Å². The summed E-state index contributed by atoms with van der Waals surface area (Å²) in [5.41, 5.74) is 3.29. The van der Waals surface area contributed by atoms with Crippen LogP contribution in [0.5, 0.6) is 0 Å². The molecule has 2 heterocycles. The number of benzene rings is 1. The zero-order chi connectivity index (χ0) is 18.1. The van der Waals surface area contributed by atoms with E-state index in [1.807, 2.05) is 19.1 Å². The van der Waals surface area contributed by atoms with Crippen molar-refractivity contribution < 1.29 is 4.42 Å². The highest BCUT2D eigenvalue weighted by atomic mass is 35.5. The molecule has 1 aliphatic rings. The van der Waals surface area contributed by atoms with E-state index in [4.69, 9.17) is 16.0 Å². The Kier molecular flexibility index (Phi) is 5.52. The first-order valence-electron chi connectivity index (χ1n) is 9.15. The second-order valence-corrected chi connectivity index (χ2v) is 7.41. The largest absolute Gasteiger partial charge is 0.422 e. The lowest BCUT2D eigenvalue weighted by molar-refractivity contribution is 0.149. The zero-order valence-corrected chi connectivity index (χ0v) is 16.3. The first-order chi connectivity index (χ1) is 11.9. The highest BCUT2D eigenvalue weighted by Gasteiger charge is 2.25. The van der Waals surface area contributed by atoms with E-state index < -0.39 is 0 Å². The number of nitrogens with zero attached hydrogens (tertiary/aromatic N) is 2. The van der Waals surface area contributed by atoms with Gasteiger partial charge in [0, 0.05) is 36.1 Å². The van der Waals surface area contributed by atoms with Crippen LogP contribution in [0.15, 0.2) is 21.3 Å². The lowest BCUT2D eigenvalue weighted by Crippen LogP contribution is -2.44. The van der Waals surface area contributed by atoms with Crippen LogP contribution in [0.3, 0.4) is 0 Å². The van der Waals surface area contributed by atoms with E-state index in [1.54, 1.807) is 0 Å². The van der Waals surface area contributed by atoms with Gasteiger partial charge in [0.15, 0.2) is 0 Å². The smallest absolute Gasteiger partial charge is 0.341 e. The third kappa shape index (κ3) is 3.62. The molecule has 0 aliphatic carbocycles. The van der Waals surface area contributed by atoms with Crippen molar-refractivity contribution in [1.29, 1.82) is 0 Å². The highest BCUT2D eigenvalue weighted by Crippen LogP contribution is 2.29. The predicted molar refractivity (Wildman–Crippen MR) is 104 cm³/mol. The summed E-state index contributed by atoms with van der Waals surface area (Å²) >= 11 is 6.30. The Bertz CT molecular complexity index is 827. The van der Waals surface area contributed by atoms with Gasteiger partial charge in [-0.25, -0.2) is 4.79 Å². The molecule has 5 heteroatoms. The SMILES string of the molecule is CCN(CC)C(C)CN1CCc2c(c(=O)oc3cc(C)c(Cl)cc23)C1. The molecule has 1 atom stereocenters. The van der Waals surface area contributed by atoms with Crippen LogP contribution in [0.25, 0.3) is 11.0 Å². The maximum atomic E-state index is 12.5. The molecular weight excluding hydrogens is 336 g/mol. The molecule has 0 saturated heterocycles. The van der Waals surface area contributed by atoms with Crippen LogP contribution in [0.2, 0.25) is 5.02 Å². The van der Waals surface area contributed by atoms with Crippen molar-refractivity contribution in [3.05, 3.63) is 44.3 Å². The van der Waals surface area contributed by atoms with E-state index >= 15 is 0 Å². The van der Waals surface area contributed by atoms with E-state index in [2.05, 4.69) is 30.6 Å². The fraction of sp³-hybridized carbons (Fsp3) is 0.550. The molecule has 1 aromatic carbocycles. The van der Waals surface area contributed by atoms with Gasteiger partial charge < -0.3 is 4.42 Å². The Balaban J connectivity index is 1.90. The first kappa shape index (κ1) is 18.4. The highest BCUT2D eigenvalue weighted by molar-refractivity contribution is 6.32. The fourth-order valence-corrected chi connectivity index (χ4v) is 4.10. The summed E-state index contributed by atoms with van der Waals surface area (Å²) in [4.78, 5) is 17.3. The first-order valence-corrected chi connectivity index (χ1v) is 9.53. The monoisotopic (exact) mass is 362 g/mol. The molecule has 0 amide bonds. The van der Waals surface area contributed by atoms with Crippen LogP contribution in [-0.2, 0) is 13.0 Å². The van der Waals surface area contributed by atoms with Gasteiger partial charge in [-0.05, 0) is 56.6 Å². The van der Waals surface area contributed by atoms with Crippen LogP contribution >= 0.6 is 11.6 Å². The number of aryl methyl sites for hydroxylation is 1. The Labute approximate surface area is 154 Å². The third-order valence-electron chi connectivity index (χ3n) is 5.42. The third-order valence-corrected chi connectivity index (χ3v) is 5.82. The second-order valence-electron chi connectivity index (χ2n) is 7.00. The molecule has 3 rings (SSSR count). The lowest BCUT2D eigenvalue weighted by atomic mass is 9.96. The molecule has 0 fully saturated rings. The van der Waals surface area contributed by atoms with Gasteiger partial charge in [0.2, 0.25) is 0 Å².